The molecule has 0 spiro atoms. The predicted molar refractivity (Wildman–Crippen MR) is 60.3 cm³/mol. The van der Waals surface area contributed by atoms with Gasteiger partial charge in [-0.15, -0.1) is 0 Å². The Morgan fingerprint density at radius 3 is 2.69 bits per heavy atom. The highest BCUT2D eigenvalue weighted by Gasteiger charge is 2.52. The Bertz CT molecular complexity index is 403. The summed E-state index contributed by atoms with van der Waals surface area (Å²) >= 11 is 0. The number of ether oxygens (including phenoxy) is 1. The summed E-state index contributed by atoms with van der Waals surface area (Å²) in [5.41, 5.74) is 6.99. The van der Waals surface area contributed by atoms with Crippen molar-refractivity contribution < 1.29 is 9.53 Å². The van der Waals surface area contributed by atoms with Gasteiger partial charge in [-0.3, -0.25) is 9.78 Å². The second-order valence-electron chi connectivity index (χ2n) is 4.18. The summed E-state index contributed by atoms with van der Waals surface area (Å²) in [5.74, 6) is 0.419. The second kappa shape index (κ2) is 3.77. The number of nitrogens with zero attached hydrogens (tertiary/aromatic N) is 1. The summed E-state index contributed by atoms with van der Waals surface area (Å²) in [6.45, 7) is 2.04. The van der Waals surface area contributed by atoms with Crippen molar-refractivity contribution in [3.63, 3.8) is 0 Å². The van der Waals surface area contributed by atoms with Crippen molar-refractivity contribution in [2.45, 2.75) is 31.6 Å². The fraction of sp³-hybridized carbons (Fsp3) is 0.500. The van der Waals surface area contributed by atoms with E-state index in [0.717, 1.165) is 30.4 Å². The summed E-state index contributed by atoms with van der Waals surface area (Å²) in [7, 11) is 1.59. The van der Waals surface area contributed by atoms with Crippen molar-refractivity contribution in [2.24, 2.45) is 5.73 Å². The molecule has 16 heavy (non-hydrogen) atoms. The summed E-state index contributed by atoms with van der Waals surface area (Å²) in [6.07, 6.45) is 5.90. The third-order valence-corrected chi connectivity index (χ3v) is 3.29. The lowest BCUT2D eigenvalue weighted by Crippen LogP contribution is -2.30. The van der Waals surface area contributed by atoms with E-state index in [-0.39, 0.29) is 5.91 Å². The van der Waals surface area contributed by atoms with Gasteiger partial charge in [-0.1, -0.05) is 6.92 Å². The van der Waals surface area contributed by atoms with Crippen molar-refractivity contribution in [3.05, 3.63) is 23.5 Å². The molecule has 1 aromatic heterocycles. The number of methoxy groups -OCH3 is 1. The maximum absolute atomic E-state index is 11.6. The van der Waals surface area contributed by atoms with E-state index in [9.17, 15) is 4.79 Å². The minimum Gasteiger partial charge on any atom is -0.495 e. The normalized spacial score (nSPS) is 16.9. The minimum absolute atomic E-state index is 0.258. The Balaban J connectivity index is 2.57. The van der Waals surface area contributed by atoms with Crippen molar-refractivity contribution >= 4 is 5.91 Å². The molecular weight excluding hydrogens is 204 g/mol. The molecule has 2 rings (SSSR count). The molecule has 1 saturated carbocycles. The third kappa shape index (κ3) is 1.45. The first-order valence-electron chi connectivity index (χ1n) is 5.47. The Hall–Kier alpha value is -1.58. The zero-order chi connectivity index (χ0) is 11.8. The van der Waals surface area contributed by atoms with Crippen LogP contribution in [-0.2, 0) is 16.6 Å². The van der Waals surface area contributed by atoms with Gasteiger partial charge < -0.3 is 10.5 Å². The third-order valence-electron chi connectivity index (χ3n) is 3.29. The number of primary amides is 1. The van der Waals surface area contributed by atoms with E-state index in [0.29, 0.717) is 5.75 Å². The molecule has 1 heterocycles. The molecule has 1 amide bonds. The first kappa shape index (κ1) is 10.9. The summed E-state index contributed by atoms with van der Waals surface area (Å²) in [5, 5.41) is 0. The molecule has 86 valence electrons. The summed E-state index contributed by atoms with van der Waals surface area (Å²) in [6, 6.07) is 0. The monoisotopic (exact) mass is 220 g/mol. The van der Waals surface area contributed by atoms with Gasteiger partial charge >= 0.3 is 0 Å². The molecule has 0 radical (unpaired) electrons. The van der Waals surface area contributed by atoms with Crippen LogP contribution in [0.25, 0.3) is 0 Å². The standard InChI is InChI=1S/C12H16N2O2/c1-3-8-6-14-7-9(16-2)10(8)12(4-5-12)11(13)15/h6-7H,3-5H2,1-2H3,(H2,13,15). The van der Waals surface area contributed by atoms with E-state index in [4.69, 9.17) is 10.5 Å². The van der Waals surface area contributed by atoms with Gasteiger partial charge in [0.25, 0.3) is 0 Å². The van der Waals surface area contributed by atoms with Crippen LogP contribution in [0.5, 0.6) is 5.75 Å². The first-order chi connectivity index (χ1) is 7.65. The molecule has 0 aliphatic heterocycles. The summed E-state index contributed by atoms with van der Waals surface area (Å²) in [4.78, 5) is 15.7. The van der Waals surface area contributed by atoms with E-state index in [1.807, 2.05) is 6.92 Å². The lowest BCUT2D eigenvalue weighted by atomic mass is 9.90. The highest BCUT2D eigenvalue weighted by molar-refractivity contribution is 5.91. The smallest absolute Gasteiger partial charge is 0.228 e. The van der Waals surface area contributed by atoms with Crippen molar-refractivity contribution in [1.82, 2.24) is 4.98 Å². The van der Waals surface area contributed by atoms with Crippen LogP contribution in [0.15, 0.2) is 12.4 Å². The van der Waals surface area contributed by atoms with Gasteiger partial charge in [0.05, 0.1) is 18.7 Å². The quantitative estimate of drug-likeness (QED) is 0.828. The lowest BCUT2D eigenvalue weighted by Gasteiger charge is -2.18. The van der Waals surface area contributed by atoms with Gasteiger partial charge in [-0.05, 0) is 24.8 Å². The van der Waals surface area contributed by atoms with Gasteiger partial charge in [0.1, 0.15) is 5.75 Å². The molecule has 0 bridgehead atoms. The highest BCUT2D eigenvalue weighted by Crippen LogP contribution is 2.52. The van der Waals surface area contributed by atoms with Gasteiger partial charge in [0.15, 0.2) is 0 Å². The van der Waals surface area contributed by atoms with Crippen LogP contribution in [0.4, 0.5) is 0 Å². The average Bonchev–Trinajstić information content (AvgIpc) is 3.09. The molecule has 0 atom stereocenters. The van der Waals surface area contributed by atoms with E-state index >= 15 is 0 Å². The van der Waals surface area contributed by atoms with E-state index in [1.54, 1.807) is 19.5 Å². The molecule has 0 saturated heterocycles. The Morgan fingerprint density at radius 2 is 2.25 bits per heavy atom. The predicted octanol–water partition coefficient (Wildman–Crippen LogP) is 1.17. The molecule has 1 aromatic rings. The minimum atomic E-state index is -0.500. The van der Waals surface area contributed by atoms with Crippen LogP contribution in [0.2, 0.25) is 0 Å². The Morgan fingerprint density at radius 1 is 1.56 bits per heavy atom. The van der Waals surface area contributed by atoms with Crippen LogP contribution in [0.1, 0.15) is 30.9 Å². The number of hydrogen-bond acceptors (Lipinski definition) is 3. The van der Waals surface area contributed by atoms with Gasteiger partial charge in [0.2, 0.25) is 5.91 Å². The molecule has 2 N–H and O–H groups in total. The Labute approximate surface area is 94.8 Å². The molecule has 0 aromatic carbocycles. The molecule has 1 aliphatic carbocycles. The van der Waals surface area contributed by atoms with E-state index < -0.39 is 5.41 Å². The average molecular weight is 220 g/mol. The summed E-state index contributed by atoms with van der Waals surface area (Å²) < 4.78 is 5.29. The fourth-order valence-corrected chi connectivity index (χ4v) is 2.19. The van der Waals surface area contributed by atoms with Crippen molar-refractivity contribution in [1.29, 1.82) is 0 Å². The molecule has 1 fully saturated rings. The van der Waals surface area contributed by atoms with Crippen LogP contribution in [0.3, 0.4) is 0 Å². The second-order valence-corrected chi connectivity index (χ2v) is 4.18. The molecule has 0 unspecified atom stereocenters. The van der Waals surface area contributed by atoms with Crippen LogP contribution in [0, 0.1) is 0 Å². The molecule has 1 aliphatic rings. The maximum Gasteiger partial charge on any atom is 0.228 e. The SMILES string of the molecule is CCc1cncc(OC)c1C1(C(N)=O)CC1. The topological polar surface area (TPSA) is 65.2 Å². The number of amides is 1. The zero-order valence-electron chi connectivity index (χ0n) is 9.62. The largest absolute Gasteiger partial charge is 0.495 e. The van der Waals surface area contributed by atoms with Crippen LogP contribution < -0.4 is 10.5 Å². The maximum atomic E-state index is 11.6. The number of hydrogen-bond donors (Lipinski definition) is 1. The van der Waals surface area contributed by atoms with Gasteiger partial charge in [0, 0.05) is 11.8 Å². The van der Waals surface area contributed by atoms with Crippen LogP contribution >= 0.6 is 0 Å². The highest BCUT2D eigenvalue weighted by atomic mass is 16.5. The Kier molecular flexibility index (Phi) is 2.58. The van der Waals surface area contributed by atoms with Crippen molar-refractivity contribution in [2.75, 3.05) is 7.11 Å². The van der Waals surface area contributed by atoms with Gasteiger partial charge in [-0.2, -0.15) is 0 Å². The number of rotatable bonds is 4. The van der Waals surface area contributed by atoms with Crippen LogP contribution in [-0.4, -0.2) is 18.0 Å². The number of nitrogens with two attached hydrogens (primary N) is 1. The molecule has 4 nitrogen and oxygen atoms in total. The van der Waals surface area contributed by atoms with Gasteiger partial charge in [-0.25, -0.2) is 0 Å². The number of aromatic nitrogens is 1. The van der Waals surface area contributed by atoms with Crippen molar-refractivity contribution in [3.8, 4) is 5.75 Å². The molecule has 4 heteroatoms. The molecular formula is C12H16N2O2. The lowest BCUT2D eigenvalue weighted by molar-refractivity contribution is -0.120. The zero-order valence-corrected chi connectivity index (χ0v) is 9.62. The fourth-order valence-electron chi connectivity index (χ4n) is 2.19. The number of pyridine rings is 1. The van der Waals surface area contributed by atoms with E-state index in [2.05, 4.69) is 4.98 Å². The number of aryl methyl sites for hydroxylation is 1. The number of carbonyl (C=O) groups excluding carboxylic acids is 1. The first-order valence-corrected chi connectivity index (χ1v) is 5.47. The van der Waals surface area contributed by atoms with E-state index in [1.165, 1.54) is 0 Å². The number of carbonyl (C=O) groups is 1.